The standard InChI is InChI=1S/C20H22N4O3/c1-20(2,13-19(26)27)12-18(25)21-15-8-6-14(7-9-15)11-17-23-22-16-5-3-4-10-24(16)17/h3-10H,11-13H2,1-2H3,(H,21,25)(H,26,27). The van der Waals surface area contributed by atoms with Crippen molar-refractivity contribution >= 4 is 23.2 Å². The maximum atomic E-state index is 12.2. The number of nitrogens with one attached hydrogen (secondary N) is 1. The van der Waals surface area contributed by atoms with Gasteiger partial charge in [-0.3, -0.25) is 14.0 Å². The number of rotatable bonds is 7. The van der Waals surface area contributed by atoms with Gasteiger partial charge in [-0.15, -0.1) is 10.2 Å². The van der Waals surface area contributed by atoms with Crippen molar-refractivity contribution < 1.29 is 14.7 Å². The molecule has 0 unspecified atom stereocenters. The summed E-state index contributed by atoms with van der Waals surface area (Å²) >= 11 is 0. The molecule has 0 saturated heterocycles. The predicted molar refractivity (Wildman–Crippen MR) is 102 cm³/mol. The van der Waals surface area contributed by atoms with Gasteiger partial charge >= 0.3 is 5.97 Å². The highest BCUT2D eigenvalue weighted by molar-refractivity contribution is 5.91. The van der Waals surface area contributed by atoms with E-state index in [-0.39, 0.29) is 18.7 Å². The number of carbonyl (C=O) groups excluding carboxylic acids is 1. The molecule has 140 valence electrons. The van der Waals surface area contributed by atoms with Crippen LogP contribution in [0.3, 0.4) is 0 Å². The van der Waals surface area contributed by atoms with Crippen LogP contribution >= 0.6 is 0 Å². The first-order valence-electron chi connectivity index (χ1n) is 8.72. The van der Waals surface area contributed by atoms with Crippen molar-refractivity contribution in [1.82, 2.24) is 14.6 Å². The Labute approximate surface area is 157 Å². The summed E-state index contributed by atoms with van der Waals surface area (Å²) in [5, 5.41) is 20.1. The third kappa shape index (κ3) is 4.91. The maximum Gasteiger partial charge on any atom is 0.303 e. The smallest absolute Gasteiger partial charge is 0.303 e. The second kappa shape index (κ2) is 7.57. The molecule has 1 aromatic carbocycles. The van der Waals surface area contributed by atoms with Crippen LogP contribution in [0.2, 0.25) is 0 Å². The second-order valence-electron chi connectivity index (χ2n) is 7.38. The van der Waals surface area contributed by atoms with Gasteiger partial charge in [0, 0.05) is 24.7 Å². The van der Waals surface area contributed by atoms with Crippen LogP contribution in [0.5, 0.6) is 0 Å². The Morgan fingerprint density at radius 2 is 1.81 bits per heavy atom. The summed E-state index contributed by atoms with van der Waals surface area (Å²) in [7, 11) is 0. The predicted octanol–water partition coefficient (Wildman–Crippen LogP) is 3.15. The van der Waals surface area contributed by atoms with Gasteiger partial charge in [0.05, 0.1) is 6.42 Å². The van der Waals surface area contributed by atoms with E-state index < -0.39 is 11.4 Å². The zero-order valence-electron chi connectivity index (χ0n) is 15.3. The van der Waals surface area contributed by atoms with E-state index in [1.807, 2.05) is 53.1 Å². The lowest BCUT2D eigenvalue weighted by Crippen LogP contribution is -2.24. The number of carboxylic acids is 1. The largest absolute Gasteiger partial charge is 0.481 e. The maximum absolute atomic E-state index is 12.2. The van der Waals surface area contributed by atoms with Gasteiger partial charge in [-0.1, -0.05) is 32.0 Å². The van der Waals surface area contributed by atoms with Gasteiger partial charge in [0.15, 0.2) is 5.65 Å². The fourth-order valence-electron chi connectivity index (χ4n) is 3.01. The number of pyridine rings is 1. The third-order valence-electron chi connectivity index (χ3n) is 4.25. The van der Waals surface area contributed by atoms with E-state index in [2.05, 4.69) is 15.5 Å². The molecule has 0 radical (unpaired) electrons. The van der Waals surface area contributed by atoms with Crippen molar-refractivity contribution in [2.24, 2.45) is 5.41 Å². The number of nitrogens with zero attached hydrogens (tertiary/aromatic N) is 3. The van der Waals surface area contributed by atoms with Crippen LogP contribution in [0.15, 0.2) is 48.7 Å². The average molecular weight is 366 g/mol. The zero-order chi connectivity index (χ0) is 19.4. The first-order chi connectivity index (χ1) is 12.8. The third-order valence-corrected chi connectivity index (χ3v) is 4.25. The van der Waals surface area contributed by atoms with Gasteiger partial charge in [-0.25, -0.2) is 0 Å². The van der Waals surface area contributed by atoms with E-state index in [0.29, 0.717) is 12.1 Å². The fraction of sp³-hybridized carbons (Fsp3) is 0.300. The second-order valence-corrected chi connectivity index (χ2v) is 7.38. The molecule has 0 bridgehead atoms. The number of fused-ring (bicyclic) bond motifs is 1. The number of benzene rings is 1. The Hall–Kier alpha value is -3.22. The lowest BCUT2D eigenvalue weighted by molar-refractivity contribution is -0.139. The summed E-state index contributed by atoms with van der Waals surface area (Å²) in [6.07, 6.45) is 2.65. The van der Waals surface area contributed by atoms with Crippen LogP contribution in [-0.4, -0.2) is 31.6 Å². The van der Waals surface area contributed by atoms with Gasteiger partial charge in [-0.05, 0) is 35.2 Å². The highest BCUT2D eigenvalue weighted by Crippen LogP contribution is 2.25. The molecular weight excluding hydrogens is 344 g/mol. The molecule has 1 amide bonds. The molecule has 7 nitrogen and oxygen atoms in total. The van der Waals surface area contributed by atoms with E-state index >= 15 is 0 Å². The minimum Gasteiger partial charge on any atom is -0.481 e. The zero-order valence-corrected chi connectivity index (χ0v) is 15.3. The van der Waals surface area contributed by atoms with Gasteiger partial charge < -0.3 is 10.4 Å². The van der Waals surface area contributed by atoms with E-state index in [4.69, 9.17) is 5.11 Å². The Bertz CT molecular complexity index is 961. The molecule has 0 aliphatic rings. The first-order valence-corrected chi connectivity index (χ1v) is 8.72. The highest BCUT2D eigenvalue weighted by Gasteiger charge is 2.25. The van der Waals surface area contributed by atoms with Crippen molar-refractivity contribution in [1.29, 1.82) is 0 Å². The minimum absolute atomic E-state index is 0.0499. The van der Waals surface area contributed by atoms with Crippen LogP contribution in [-0.2, 0) is 16.0 Å². The van der Waals surface area contributed by atoms with Crippen molar-refractivity contribution in [3.8, 4) is 0 Å². The monoisotopic (exact) mass is 366 g/mol. The SMILES string of the molecule is CC(C)(CC(=O)O)CC(=O)Nc1ccc(Cc2nnc3ccccn23)cc1. The molecule has 0 aliphatic heterocycles. The highest BCUT2D eigenvalue weighted by atomic mass is 16.4. The molecule has 2 heterocycles. The molecular formula is C20H22N4O3. The number of carboxylic acid groups (broad SMARTS) is 1. The number of anilines is 1. The van der Waals surface area contributed by atoms with E-state index in [1.54, 1.807) is 13.8 Å². The number of hydrogen-bond donors (Lipinski definition) is 2. The quantitative estimate of drug-likeness (QED) is 0.669. The van der Waals surface area contributed by atoms with Crippen molar-refractivity contribution in [2.75, 3.05) is 5.32 Å². The summed E-state index contributed by atoms with van der Waals surface area (Å²) in [6, 6.07) is 13.3. The van der Waals surface area contributed by atoms with Crippen LogP contribution < -0.4 is 5.32 Å². The average Bonchev–Trinajstić information content (AvgIpc) is 2.98. The molecule has 27 heavy (non-hydrogen) atoms. The summed E-state index contributed by atoms with van der Waals surface area (Å²) in [5.74, 6) is -0.256. The lowest BCUT2D eigenvalue weighted by atomic mass is 9.85. The molecule has 0 aliphatic carbocycles. The van der Waals surface area contributed by atoms with Gasteiger partial charge in [0.25, 0.3) is 0 Å². The number of carbonyl (C=O) groups is 2. The molecule has 3 rings (SSSR count). The summed E-state index contributed by atoms with van der Waals surface area (Å²) in [6.45, 7) is 3.54. The van der Waals surface area contributed by atoms with E-state index in [1.165, 1.54) is 0 Å². The normalized spacial score (nSPS) is 11.5. The number of aliphatic carboxylic acids is 1. The molecule has 0 saturated carbocycles. The number of hydrogen-bond acceptors (Lipinski definition) is 4. The molecule has 0 atom stereocenters. The van der Waals surface area contributed by atoms with Crippen molar-refractivity contribution in [3.05, 3.63) is 60.0 Å². The fourth-order valence-corrected chi connectivity index (χ4v) is 3.01. The van der Waals surface area contributed by atoms with Gasteiger partial charge in [0.1, 0.15) is 5.82 Å². The first kappa shape index (κ1) is 18.6. The van der Waals surface area contributed by atoms with Crippen LogP contribution in [0.25, 0.3) is 5.65 Å². The van der Waals surface area contributed by atoms with E-state index in [9.17, 15) is 9.59 Å². The molecule has 3 aromatic rings. The molecule has 2 N–H and O–H groups in total. The van der Waals surface area contributed by atoms with Crippen molar-refractivity contribution in [3.63, 3.8) is 0 Å². The number of amides is 1. The summed E-state index contributed by atoms with van der Waals surface area (Å²) in [4.78, 5) is 23.0. The Morgan fingerprint density at radius 3 is 2.52 bits per heavy atom. The molecule has 0 fully saturated rings. The van der Waals surface area contributed by atoms with Gasteiger partial charge in [0.2, 0.25) is 5.91 Å². The van der Waals surface area contributed by atoms with Crippen LogP contribution in [0.4, 0.5) is 5.69 Å². The Balaban J connectivity index is 1.62. The molecule has 0 spiro atoms. The Morgan fingerprint density at radius 1 is 1.07 bits per heavy atom. The van der Waals surface area contributed by atoms with E-state index in [0.717, 1.165) is 17.0 Å². The summed E-state index contributed by atoms with van der Waals surface area (Å²) in [5.41, 5.74) is 1.95. The van der Waals surface area contributed by atoms with Gasteiger partial charge in [-0.2, -0.15) is 0 Å². The van der Waals surface area contributed by atoms with Crippen LogP contribution in [0.1, 0.15) is 38.1 Å². The minimum atomic E-state index is -0.904. The lowest BCUT2D eigenvalue weighted by Gasteiger charge is -2.21. The molecule has 7 heteroatoms. The molecule has 2 aromatic heterocycles. The number of aromatic nitrogens is 3. The van der Waals surface area contributed by atoms with Crippen LogP contribution in [0, 0.1) is 5.41 Å². The Kier molecular flexibility index (Phi) is 5.21. The summed E-state index contributed by atoms with van der Waals surface area (Å²) < 4.78 is 1.94. The topological polar surface area (TPSA) is 96.6 Å². The van der Waals surface area contributed by atoms with Crippen molar-refractivity contribution in [2.45, 2.75) is 33.1 Å².